The van der Waals surface area contributed by atoms with Crippen molar-refractivity contribution in [3.05, 3.63) is 18.0 Å². The number of amides is 1. The maximum absolute atomic E-state index is 12.9. The van der Waals surface area contributed by atoms with Crippen LogP contribution in [0.25, 0.3) is 0 Å². The summed E-state index contributed by atoms with van der Waals surface area (Å²) in [6.07, 6.45) is -13.1. The fourth-order valence-electron chi connectivity index (χ4n) is 3.99. The number of carbonyl (C=O) groups excluding carboxylic acids is 2. The lowest BCUT2D eigenvalue weighted by atomic mass is 10.0. The number of methoxy groups -OCH3 is 1. The van der Waals surface area contributed by atoms with Gasteiger partial charge in [0.1, 0.15) is 18.2 Å². The van der Waals surface area contributed by atoms with Gasteiger partial charge < -0.3 is 29.4 Å². The molecule has 2 heterocycles. The Bertz CT molecular complexity index is 945. The number of hydrogen-bond acceptors (Lipinski definition) is 8. The maximum atomic E-state index is 12.9. The molecule has 222 valence electrons. The summed E-state index contributed by atoms with van der Waals surface area (Å²) in [4.78, 5) is 29.4. The van der Waals surface area contributed by atoms with Crippen molar-refractivity contribution in [2.24, 2.45) is 0 Å². The Morgan fingerprint density at radius 1 is 1.10 bits per heavy atom. The third-order valence-corrected chi connectivity index (χ3v) is 5.88. The van der Waals surface area contributed by atoms with Crippen molar-refractivity contribution in [3.63, 3.8) is 0 Å². The number of cyclic esters (lactones) is 1. The number of pyridine rings is 1. The summed E-state index contributed by atoms with van der Waals surface area (Å²) in [5, 5.41) is 12.6. The lowest BCUT2D eigenvalue weighted by Gasteiger charge is -2.31. The second-order valence-corrected chi connectivity index (χ2v) is 8.99. The van der Waals surface area contributed by atoms with Gasteiger partial charge in [-0.1, -0.05) is 0 Å². The van der Waals surface area contributed by atoms with Crippen LogP contribution < -0.4 is 10.1 Å². The molecule has 4 atom stereocenters. The van der Waals surface area contributed by atoms with Gasteiger partial charge in [-0.25, -0.2) is 9.78 Å². The molecule has 1 fully saturated rings. The summed E-state index contributed by atoms with van der Waals surface area (Å²) in [5.74, 6) is -2.32. The molecule has 0 unspecified atom stereocenters. The van der Waals surface area contributed by atoms with Crippen LogP contribution >= 0.6 is 0 Å². The average molecular weight is 575 g/mol. The maximum Gasteiger partial charge on any atom is 0.389 e. The number of rotatable bonds is 11. The minimum Gasteiger partial charge on any atom is -0.503 e. The molecule has 1 aromatic rings. The Morgan fingerprint density at radius 2 is 1.72 bits per heavy atom. The molecule has 1 aromatic heterocycles. The zero-order valence-corrected chi connectivity index (χ0v) is 21.4. The van der Waals surface area contributed by atoms with Crippen LogP contribution in [0.2, 0.25) is 0 Å². The van der Waals surface area contributed by atoms with Crippen molar-refractivity contribution in [1.82, 2.24) is 10.3 Å². The highest BCUT2D eigenvalue weighted by Gasteiger charge is 2.37. The highest BCUT2D eigenvalue weighted by atomic mass is 19.4. The van der Waals surface area contributed by atoms with E-state index in [0.717, 1.165) is 0 Å². The van der Waals surface area contributed by atoms with E-state index in [2.05, 4.69) is 10.3 Å². The van der Waals surface area contributed by atoms with E-state index in [4.69, 9.17) is 18.9 Å². The predicted octanol–water partition coefficient (Wildman–Crippen LogP) is 4.47. The lowest BCUT2D eigenvalue weighted by molar-refractivity contribution is -0.172. The molecule has 0 radical (unpaired) electrons. The molecule has 0 aliphatic carbocycles. The van der Waals surface area contributed by atoms with Gasteiger partial charge in [0.25, 0.3) is 5.91 Å². The molecule has 9 nitrogen and oxygen atoms in total. The normalized spacial score (nSPS) is 22.8. The van der Waals surface area contributed by atoms with Crippen molar-refractivity contribution in [2.45, 2.75) is 88.6 Å². The van der Waals surface area contributed by atoms with Crippen molar-refractivity contribution in [1.29, 1.82) is 0 Å². The quantitative estimate of drug-likeness (QED) is 0.226. The van der Waals surface area contributed by atoms with E-state index in [-0.39, 0.29) is 51.1 Å². The van der Waals surface area contributed by atoms with Gasteiger partial charge in [0, 0.05) is 38.3 Å². The Balaban J connectivity index is 2.13. The zero-order valence-electron chi connectivity index (χ0n) is 21.4. The first-order chi connectivity index (χ1) is 18.2. The van der Waals surface area contributed by atoms with Crippen LogP contribution in [0, 0.1) is 0 Å². The number of esters is 1. The average Bonchev–Trinajstić information content (AvgIpc) is 2.88. The van der Waals surface area contributed by atoms with Crippen molar-refractivity contribution in [3.8, 4) is 11.5 Å². The largest absolute Gasteiger partial charge is 0.503 e. The number of aromatic hydroxyl groups is 1. The van der Waals surface area contributed by atoms with Crippen LogP contribution in [0.15, 0.2) is 12.3 Å². The van der Waals surface area contributed by atoms with Crippen LogP contribution in [0.1, 0.15) is 62.4 Å². The monoisotopic (exact) mass is 574 g/mol. The minimum absolute atomic E-state index is 0.0168. The van der Waals surface area contributed by atoms with Crippen LogP contribution in [0.5, 0.6) is 11.5 Å². The molecule has 0 aromatic carbocycles. The van der Waals surface area contributed by atoms with Gasteiger partial charge in [-0.05, 0) is 39.0 Å². The van der Waals surface area contributed by atoms with E-state index in [1.54, 1.807) is 0 Å². The molecule has 15 heteroatoms. The summed E-state index contributed by atoms with van der Waals surface area (Å²) in [6.45, 7) is 0.766. The van der Waals surface area contributed by atoms with Gasteiger partial charge in [-0.3, -0.25) is 4.79 Å². The first-order valence-electron chi connectivity index (χ1n) is 12.3. The number of alkyl halides is 6. The highest BCUT2D eigenvalue weighted by molar-refractivity contribution is 5.97. The van der Waals surface area contributed by atoms with Gasteiger partial charge in [-0.15, -0.1) is 0 Å². The van der Waals surface area contributed by atoms with Crippen molar-refractivity contribution in [2.75, 3.05) is 20.3 Å². The molecular weight excluding hydrogens is 542 g/mol. The zero-order chi connectivity index (χ0) is 29.2. The molecule has 1 amide bonds. The first-order valence-corrected chi connectivity index (χ1v) is 12.3. The Kier molecular flexibility index (Phi) is 12.1. The van der Waals surface area contributed by atoms with Crippen LogP contribution in [0.3, 0.4) is 0 Å². The third-order valence-electron chi connectivity index (χ3n) is 5.88. The number of nitrogens with one attached hydrogen (secondary N) is 1. The van der Waals surface area contributed by atoms with Gasteiger partial charge in [0.15, 0.2) is 17.2 Å². The molecule has 2 rings (SSSR count). The SMILES string of the molecule is COc1ccnc(C(=O)N[C@H]2CCC[C@H](OCCCC(F)(F)F)[C@@H](OCCCC(F)(F)F)[C@H](C)OC2=O)c1O. The van der Waals surface area contributed by atoms with E-state index in [1.165, 1.54) is 26.3 Å². The number of aromatic nitrogens is 1. The van der Waals surface area contributed by atoms with Crippen LogP contribution in [-0.2, 0) is 19.0 Å². The highest BCUT2D eigenvalue weighted by Crippen LogP contribution is 2.29. The fraction of sp³-hybridized carbons (Fsp3) is 0.708. The Labute approximate surface area is 221 Å². The van der Waals surface area contributed by atoms with Gasteiger partial charge in [-0.2, -0.15) is 26.3 Å². The molecule has 1 aliphatic heterocycles. The molecule has 1 aliphatic rings. The molecule has 0 saturated carbocycles. The van der Waals surface area contributed by atoms with E-state index in [1.807, 2.05) is 0 Å². The standard InChI is InChI=1S/C24H32F6N2O7/c1-14-20(38-13-5-10-24(28,29)30)17(37-12-4-9-23(25,26)27)7-3-6-15(22(35)39-14)32-21(34)18-19(33)16(36-2)8-11-31-18/h8,11,14-15,17,20,33H,3-7,9-10,12-13H2,1-2H3,(H,32,34)/t14-,15-,17-,20-/m0/s1. The summed E-state index contributed by atoms with van der Waals surface area (Å²) in [6, 6.07) is 0.133. The van der Waals surface area contributed by atoms with Crippen molar-refractivity contribution >= 4 is 11.9 Å². The Morgan fingerprint density at radius 3 is 2.31 bits per heavy atom. The first kappa shape index (κ1) is 32.4. The topological polar surface area (TPSA) is 116 Å². The minimum atomic E-state index is -4.40. The van der Waals surface area contributed by atoms with Gasteiger partial charge >= 0.3 is 18.3 Å². The summed E-state index contributed by atoms with van der Waals surface area (Å²) in [5.41, 5.74) is -0.396. The van der Waals surface area contributed by atoms with Gasteiger partial charge in [0.2, 0.25) is 0 Å². The smallest absolute Gasteiger partial charge is 0.389 e. The molecule has 39 heavy (non-hydrogen) atoms. The lowest BCUT2D eigenvalue weighted by Crippen LogP contribution is -2.45. The number of carbonyl (C=O) groups is 2. The fourth-order valence-corrected chi connectivity index (χ4v) is 3.99. The second-order valence-electron chi connectivity index (χ2n) is 8.99. The molecule has 0 spiro atoms. The summed E-state index contributed by atoms with van der Waals surface area (Å²) >= 11 is 0. The van der Waals surface area contributed by atoms with E-state index in [9.17, 15) is 41.0 Å². The number of halogens is 6. The number of nitrogens with zero attached hydrogens (tertiary/aromatic N) is 1. The number of hydrogen-bond donors (Lipinski definition) is 2. The summed E-state index contributed by atoms with van der Waals surface area (Å²) < 4.78 is 96.8. The van der Waals surface area contributed by atoms with Crippen LogP contribution in [-0.4, -0.2) is 79.0 Å². The molecular formula is C24H32F6N2O7. The number of ether oxygens (including phenoxy) is 4. The van der Waals surface area contributed by atoms with E-state index >= 15 is 0 Å². The molecule has 2 N–H and O–H groups in total. The van der Waals surface area contributed by atoms with Gasteiger partial charge in [0.05, 0.1) is 13.2 Å². The molecule has 1 saturated heterocycles. The Hall–Kier alpha value is -2.81. The third kappa shape index (κ3) is 11.1. The van der Waals surface area contributed by atoms with E-state index in [0.29, 0.717) is 0 Å². The summed E-state index contributed by atoms with van der Waals surface area (Å²) in [7, 11) is 1.27. The second kappa shape index (κ2) is 14.5. The van der Waals surface area contributed by atoms with Crippen LogP contribution in [0.4, 0.5) is 26.3 Å². The van der Waals surface area contributed by atoms with Crippen molar-refractivity contribution < 1.29 is 60.0 Å². The molecule has 0 bridgehead atoms. The van der Waals surface area contributed by atoms with E-state index < -0.39 is 72.9 Å². The predicted molar refractivity (Wildman–Crippen MR) is 123 cm³/mol.